The van der Waals surface area contributed by atoms with Crippen LogP contribution in [0.4, 0.5) is 27.6 Å². The number of aryl methyl sites for hydroxylation is 1. The average molecular weight is 491 g/mol. The Morgan fingerprint density at radius 2 is 1.94 bits per heavy atom. The number of ether oxygens (including phenoxy) is 3. The summed E-state index contributed by atoms with van der Waals surface area (Å²) in [6.45, 7) is 4.31. The average Bonchev–Trinajstić information content (AvgIpc) is 3.04. The predicted octanol–water partition coefficient (Wildman–Crippen LogP) is 4.24. The van der Waals surface area contributed by atoms with Crippen molar-refractivity contribution in [3.8, 4) is 5.75 Å². The summed E-state index contributed by atoms with van der Waals surface area (Å²) < 4.78 is 86.0. The maximum absolute atomic E-state index is 14.5. The molecular weight excluding hydrogens is 465 g/mol. The van der Waals surface area contributed by atoms with Crippen molar-refractivity contribution in [3.05, 3.63) is 51.2 Å². The third kappa shape index (κ3) is 4.36. The van der Waals surface area contributed by atoms with Gasteiger partial charge < -0.3 is 24.5 Å². The summed E-state index contributed by atoms with van der Waals surface area (Å²) in [7, 11) is 2.58. The second-order valence-corrected chi connectivity index (χ2v) is 8.27. The number of alkyl halides is 3. The second-order valence-electron chi connectivity index (χ2n) is 8.27. The largest absolute Gasteiger partial charge is 0.493 e. The zero-order valence-corrected chi connectivity index (χ0v) is 19.3. The van der Waals surface area contributed by atoms with E-state index in [0.29, 0.717) is 13.2 Å². The molecule has 1 fully saturated rings. The Kier molecular flexibility index (Phi) is 7.23. The lowest BCUT2D eigenvalue weighted by atomic mass is 9.77. The molecule has 1 aromatic heterocycles. The van der Waals surface area contributed by atoms with Crippen molar-refractivity contribution in [2.24, 2.45) is 5.92 Å². The van der Waals surface area contributed by atoms with Crippen LogP contribution in [-0.4, -0.2) is 49.1 Å². The lowest BCUT2D eigenvalue weighted by molar-refractivity contribution is -0.275. The number of hydrogen-bond acceptors (Lipinski definition) is 6. The highest BCUT2D eigenvalue weighted by molar-refractivity contribution is 5.46. The number of methoxy groups -OCH3 is 2. The maximum Gasteiger partial charge on any atom is 0.417 e. The Morgan fingerprint density at radius 3 is 2.50 bits per heavy atom. The van der Waals surface area contributed by atoms with Crippen LogP contribution in [0, 0.1) is 24.5 Å². The van der Waals surface area contributed by atoms with Crippen molar-refractivity contribution < 1.29 is 36.2 Å². The highest BCUT2D eigenvalue weighted by Gasteiger charge is 2.65. The van der Waals surface area contributed by atoms with Crippen LogP contribution in [0.25, 0.3) is 0 Å². The molecule has 0 aliphatic carbocycles. The monoisotopic (exact) mass is 491 g/mol. The first kappa shape index (κ1) is 25.9. The van der Waals surface area contributed by atoms with Crippen molar-refractivity contribution in [2.75, 3.05) is 32.7 Å². The van der Waals surface area contributed by atoms with E-state index in [-0.39, 0.29) is 22.8 Å². The molecule has 2 aromatic rings. The number of rotatable bonds is 7. The van der Waals surface area contributed by atoms with Crippen LogP contribution in [0.5, 0.6) is 5.75 Å². The van der Waals surface area contributed by atoms with Gasteiger partial charge in [-0.2, -0.15) is 17.6 Å². The number of hydrogen-bond donors (Lipinski definition) is 2. The summed E-state index contributed by atoms with van der Waals surface area (Å²) in [4.78, 5) is 19.5. The van der Waals surface area contributed by atoms with Gasteiger partial charge in [-0.1, -0.05) is 13.0 Å². The van der Waals surface area contributed by atoms with E-state index in [1.165, 1.54) is 21.0 Å². The van der Waals surface area contributed by atoms with Crippen molar-refractivity contribution in [2.45, 2.75) is 44.6 Å². The molecule has 2 N–H and O–H groups in total. The fraction of sp³-hybridized carbons (Fsp3) is 0.545. The standard InChI is InChI=1S/C22H26F5N3O4/c1-10-14(12-6-7-13(23)15(24)17(12)33-5)18(34-21(10,3)22(25,26)27)19-29-11(2)16(20(31)30-19)28-8-9-32-4/h6-7,10,14,18,28H,8-9H2,1-5H3,(H,29,30,31)/t10-,14-,18+,21+/m0/s1. The molecule has 0 unspecified atom stereocenters. The third-order valence-corrected chi connectivity index (χ3v) is 6.31. The number of aromatic nitrogens is 2. The summed E-state index contributed by atoms with van der Waals surface area (Å²) in [6.07, 6.45) is -6.23. The van der Waals surface area contributed by atoms with Gasteiger partial charge in [-0.05, 0) is 19.9 Å². The molecule has 1 aromatic carbocycles. The van der Waals surface area contributed by atoms with E-state index >= 15 is 0 Å². The summed E-state index contributed by atoms with van der Waals surface area (Å²) in [5.41, 5.74) is -2.96. The number of nitrogens with one attached hydrogen (secondary N) is 2. The van der Waals surface area contributed by atoms with Gasteiger partial charge in [0.05, 0.1) is 19.4 Å². The van der Waals surface area contributed by atoms with Gasteiger partial charge >= 0.3 is 6.18 Å². The van der Waals surface area contributed by atoms with Gasteiger partial charge in [0.1, 0.15) is 17.6 Å². The number of halogens is 5. The summed E-state index contributed by atoms with van der Waals surface area (Å²) in [6, 6.07) is 1.97. The second kappa shape index (κ2) is 9.49. The Bertz CT molecular complexity index is 1110. The smallest absolute Gasteiger partial charge is 0.417 e. The Morgan fingerprint density at radius 1 is 1.26 bits per heavy atom. The number of anilines is 1. The van der Waals surface area contributed by atoms with Crippen LogP contribution in [0.2, 0.25) is 0 Å². The minimum absolute atomic E-state index is 0.0329. The van der Waals surface area contributed by atoms with Gasteiger partial charge in [0.25, 0.3) is 5.56 Å². The molecule has 1 saturated heterocycles. The molecule has 12 heteroatoms. The van der Waals surface area contributed by atoms with E-state index in [1.807, 2.05) is 0 Å². The first-order valence-corrected chi connectivity index (χ1v) is 10.5. The molecule has 1 aliphatic heterocycles. The van der Waals surface area contributed by atoms with Crippen LogP contribution in [0.15, 0.2) is 16.9 Å². The Balaban J connectivity index is 2.16. The molecule has 188 valence electrons. The van der Waals surface area contributed by atoms with E-state index in [2.05, 4.69) is 15.3 Å². The molecular formula is C22H26F5N3O4. The Labute approximate surface area is 192 Å². The quantitative estimate of drug-likeness (QED) is 0.445. The van der Waals surface area contributed by atoms with Crippen molar-refractivity contribution in [1.82, 2.24) is 9.97 Å². The molecule has 0 amide bonds. The lowest BCUT2D eigenvalue weighted by Crippen LogP contribution is -2.46. The molecule has 2 heterocycles. The summed E-state index contributed by atoms with van der Waals surface area (Å²) >= 11 is 0. The fourth-order valence-electron chi connectivity index (χ4n) is 4.28. The molecule has 0 saturated carbocycles. The molecule has 3 rings (SSSR count). The Hall–Kier alpha value is -2.73. The molecule has 0 spiro atoms. The van der Waals surface area contributed by atoms with Crippen LogP contribution >= 0.6 is 0 Å². The van der Waals surface area contributed by atoms with Gasteiger partial charge in [-0.3, -0.25) is 4.79 Å². The maximum atomic E-state index is 14.5. The van der Waals surface area contributed by atoms with Crippen LogP contribution < -0.4 is 15.6 Å². The number of nitrogens with zero attached hydrogens (tertiary/aromatic N) is 1. The van der Waals surface area contributed by atoms with E-state index in [4.69, 9.17) is 14.2 Å². The van der Waals surface area contributed by atoms with E-state index < -0.39 is 52.7 Å². The topological polar surface area (TPSA) is 85.5 Å². The zero-order chi connectivity index (χ0) is 25.4. The summed E-state index contributed by atoms with van der Waals surface area (Å²) in [5.74, 6) is -5.70. The minimum Gasteiger partial charge on any atom is -0.493 e. The van der Waals surface area contributed by atoms with Crippen LogP contribution in [-0.2, 0) is 9.47 Å². The van der Waals surface area contributed by atoms with Gasteiger partial charge in [0.15, 0.2) is 17.2 Å². The lowest BCUT2D eigenvalue weighted by Gasteiger charge is -2.32. The SMILES string of the molecule is COCCNc1c(C)nc([C@@H]2O[C@@](C)(C(F)(F)F)[C@@H](C)[C@H]2c2ccc(F)c(F)c2OC)[nH]c1=O. The van der Waals surface area contributed by atoms with Gasteiger partial charge in [-0.15, -0.1) is 0 Å². The van der Waals surface area contributed by atoms with Gasteiger partial charge in [0, 0.05) is 31.1 Å². The van der Waals surface area contributed by atoms with Crippen LogP contribution in [0.1, 0.15) is 43.0 Å². The number of H-pyrrole nitrogens is 1. The predicted molar refractivity (Wildman–Crippen MR) is 113 cm³/mol. The molecule has 1 aliphatic rings. The highest BCUT2D eigenvalue weighted by Crippen LogP contribution is 2.59. The summed E-state index contributed by atoms with van der Waals surface area (Å²) in [5, 5.41) is 2.86. The molecule has 0 radical (unpaired) electrons. The van der Waals surface area contributed by atoms with Gasteiger partial charge in [-0.25, -0.2) is 9.37 Å². The van der Waals surface area contributed by atoms with Gasteiger partial charge in [0.2, 0.25) is 5.82 Å². The molecule has 4 atom stereocenters. The van der Waals surface area contributed by atoms with Crippen molar-refractivity contribution in [3.63, 3.8) is 0 Å². The molecule has 7 nitrogen and oxygen atoms in total. The molecule has 0 bridgehead atoms. The molecule has 34 heavy (non-hydrogen) atoms. The fourth-order valence-corrected chi connectivity index (χ4v) is 4.28. The van der Waals surface area contributed by atoms with Crippen molar-refractivity contribution in [1.29, 1.82) is 0 Å². The van der Waals surface area contributed by atoms with E-state index in [0.717, 1.165) is 26.2 Å². The highest BCUT2D eigenvalue weighted by atomic mass is 19.4. The minimum atomic E-state index is -4.80. The number of aromatic amines is 1. The normalized spacial score (nSPS) is 24.9. The number of benzene rings is 1. The van der Waals surface area contributed by atoms with Crippen molar-refractivity contribution >= 4 is 5.69 Å². The van der Waals surface area contributed by atoms with Crippen LogP contribution in [0.3, 0.4) is 0 Å². The van der Waals surface area contributed by atoms with E-state index in [9.17, 15) is 26.7 Å². The van der Waals surface area contributed by atoms with E-state index in [1.54, 1.807) is 0 Å². The third-order valence-electron chi connectivity index (χ3n) is 6.31. The zero-order valence-electron chi connectivity index (χ0n) is 19.3. The first-order valence-electron chi connectivity index (χ1n) is 10.5. The first-order chi connectivity index (χ1) is 15.9.